The van der Waals surface area contributed by atoms with E-state index in [1.54, 1.807) is 30.3 Å². The van der Waals surface area contributed by atoms with Crippen molar-refractivity contribution in [2.24, 2.45) is 5.73 Å². The molecule has 2 aromatic carbocycles. The average molecular weight is 679 g/mol. The van der Waals surface area contributed by atoms with Gasteiger partial charge in [0.1, 0.15) is 6.17 Å². The molecule has 3 N–H and O–H groups in total. The van der Waals surface area contributed by atoms with Crippen LogP contribution in [-0.4, -0.2) is 52.9 Å². The molecule has 2 aromatic heterocycles. The summed E-state index contributed by atoms with van der Waals surface area (Å²) in [6, 6.07) is 13.0. The summed E-state index contributed by atoms with van der Waals surface area (Å²) in [6.45, 7) is 3.18. The van der Waals surface area contributed by atoms with Crippen LogP contribution in [-0.2, 0) is 12.7 Å². The van der Waals surface area contributed by atoms with Crippen LogP contribution in [0.1, 0.15) is 51.3 Å². The average Bonchev–Trinajstić information content (AvgIpc) is 3.61. The summed E-state index contributed by atoms with van der Waals surface area (Å²) in [4.78, 5) is 15.5. The first-order valence-electron chi connectivity index (χ1n) is 14.2. The number of amides is 1. The minimum Gasteiger partial charge on any atom is -0.364 e. The Morgan fingerprint density at radius 1 is 1.02 bits per heavy atom. The number of carbonyl (C=O) groups excluding carboxylic acids is 1. The number of benzene rings is 2. The summed E-state index contributed by atoms with van der Waals surface area (Å²) in [5, 5.41) is 8.47. The maximum Gasteiger partial charge on any atom is 0.416 e. The predicted octanol–water partition coefficient (Wildman–Crippen LogP) is 7.34. The fraction of sp³-hybridized carbons (Fsp3) is 0.312. The molecule has 0 saturated carbocycles. The van der Waals surface area contributed by atoms with Gasteiger partial charge in [0.2, 0.25) is 0 Å². The number of likely N-dealkylation sites (tertiary alicyclic amines) is 1. The molecule has 2 aliphatic heterocycles. The second-order valence-corrected chi connectivity index (χ2v) is 12.6. The van der Waals surface area contributed by atoms with Gasteiger partial charge in [-0.2, -0.15) is 18.3 Å². The van der Waals surface area contributed by atoms with E-state index in [0.717, 1.165) is 12.1 Å². The summed E-state index contributed by atoms with van der Waals surface area (Å²) in [5.41, 5.74) is 6.91. The Balaban J connectivity index is 0.000000598. The summed E-state index contributed by atoms with van der Waals surface area (Å²) in [7, 11) is 0. The van der Waals surface area contributed by atoms with Crippen molar-refractivity contribution in [2.45, 2.75) is 38.2 Å². The van der Waals surface area contributed by atoms with Gasteiger partial charge in [-0.3, -0.25) is 9.69 Å². The number of alkyl halides is 4. The van der Waals surface area contributed by atoms with E-state index in [9.17, 15) is 22.4 Å². The van der Waals surface area contributed by atoms with E-state index in [0.29, 0.717) is 42.3 Å². The number of hydrogen-bond acceptors (Lipinski definition) is 5. The van der Waals surface area contributed by atoms with E-state index < -0.39 is 23.8 Å². The summed E-state index contributed by atoms with van der Waals surface area (Å²) in [5.74, 6) is 5.09. The molecule has 0 spiro atoms. The number of nitrogens with two attached hydrogens (primary N) is 1. The maximum absolute atomic E-state index is 13.6. The van der Waals surface area contributed by atoms with Crippen molar-refractivity contribution in [3.8, 4) is 28.1 Å². The van der Waals surface area contributed by atoms with E-state index in [-0.39, 0.29) is 25.3 Å². The van der Waals surface area contributed by atoms with Crippen LogP contribution in [0.3, 0.4) is 0 Å². The van der Waals surface area contributed by atoms with Crippen molar-refractivity contribution in [2.75, 3.05) is 26.2 Å². The third kappa shape index (κ3) is 8.26. The first-order chi connectivity index (χ1) is 21.5. The molecule has 2 fully saturated rings. The highest BCUT2D eigenvalue weighted by Gasteiger charge is 2.32. The van der Waals surface area contributed by atoms with Crippen molar-refractivity contribution in [3.05, 3.63) is 91.9 Å². The van der Waals surface area contributed by atoms with Crippen molar-refractivity contribution >= 4 is 40.4 Å². The molecular formula is C32H29Cl2F4N5OS. The monoisotopic (exact) mass is 677 g/mol. The normalized spacial score (nSPS) is 15.4. The number of carbonyl (C=O) groups is 1. The number of hydrogen-bond donors (Lipinski definition) is 2. The molecule has 45 heavy (non-hydrogen) atoms. The van der Waals surface area contributed by atoms with Gasteiger partial charge in [-0.1, -0.05) is 41.5 Å². The predicted molar refractivity (Wildman–Crippen MR) is 170 cm³/mol. The molecule has 4 heterocycles. The van der Waals surface area contributed by atoms with Gasteiger partial charge in [-0.15, -0.1) is 11.3 Å². The van der Waals surface area contributed by atoms with Crippen molar-refractivity contribution < 1.29 is 22.4 Å². The Kier molecular flexibility index (Phi) is 10.5. The molecule has 2 saturated heterocycles. The maximum atomic E-state index is 13.6. The van der Waals surface area contributed by atoms with Crippen LogP contribution < -0.4 is 11.1 Å². The summed E-state index contributed by atoms with van der Waals surface area (Å²) < 4.78 is 53.6. The zero-order chi connectivity index (χ0) is 32.1. The standard InChI is InChI=1S/C27H18Cl2F4N4OS.C5H11N/c28-17-6-9-22(21(29)11-17)37-25(20(24(35-37)26(34)38)14-36-12-18(30)13-36)23-10-8-19(39-23)7-3-15-1-4-16(5-2-15)27(31,32)33;1-2-4-6-5-3-1/h1-2,4-6,8-11,18H,12-14H2,(H2,34,38);6H,1-5H2. The Bertz CT molecular complexity index is 1700. The van der Waals surface area contributed by atoms with E-state index in [4.69, 9.17) is 28.9 Å². The molecule has 4 aromatic rings. The van der Waals surface area contributed by atoms with Gasteiger partial charge in [-0.25, -0.2) is 9.07 Å². The molecule has 236 valence electrons. The Hall–Kier alpha value is -3.40. The van der Waals surface area contributed by atoms with Gasteiger partial charge >= 0.3 is 6.18 Å². The topological polar surface area (TPSA) is 76.2 Å². The molecule has 0 aliphatic carbocycles. The zero-order valence-corrected chi connectivity index (χ0v) is 26.3. The highest BCUT2D eigenvalue weighted by Crippen LogP contribution is 2.37. The first-order valence-corrected chi connectivity index (χ1v) is 15.8. The number of rotatable bonds is 5. The van der Waals surface area contributed by atoms with Gasteiger partial charge in [0.25, 0.3) is 5.91 Å². The lowest BCUT2D eigenvalue weighted by molar-refractivity contribution is -0.137. The SMILES string of the molecule is C1CCNCC1.NC(=O)c1nn(-c2ccc(Cl)cc2Cl)c(-c2ccc(C#Cc3ccc(C(F)(F)F)cc3)s2)c1CN1CC(F)C1. The number of piperidine rings is 1. The number of aromatic nitrogens is 2. The fourth-order valence-corrected chi connectivity index (χ4v) is 6.35. The molecule has 2 aliphatic rings. The largest absolute Gasteiger partial charge is 0.416 e. The highest BCUT2D eigenvalue weighted by atomic mass is 35.5. The number of thiophene rings is 1. The van der Waals surface area contributed by atoms with E-state index in [2.05, 4.69) is 22.3 Å². The van der Waals surface area contributed by atoms with Gasteiger partial charge in [-0.05, 0) is 80.5 Å². The minimum atomic E-state index is -4.42. The van der Waals surface area contributed by atoms with Crippen LogP contribution in [0.15, 0.2) is 54.6 Å². The third-order valence-corrected chi connectivity index (χ3v) is 8.78. The second kappa shape index (κ2) is 14.4. The number of nitrogens with one attached hydrogen (secondary N) is 1. The number of halogens is 6. The van der Waals surface area contributed by atoms with Gasteiger partial charge < -0.3 is 11.1 Å². The van der Waals surface area contributed by atoms with Crippen LogP contribution in [0.4, 0.5) is 17.6 Å². The molecule has 6 rings (SSSR count). The van der Waals surface area contributed by atoms with E-state index >= 15 is 0 Å². The lowest BCUT2D eigenvalue weighted by Gasteiger charge is -2.34. The van der Waals surface area contributed by atoms with Crippen molar-refractivity contribution in [1.82, 2.24) is 20.0 Å². The Morgan fingerprint density at radius 3 is 2.29 bits per heavy atom. The second-order valence-electron chi connectivity index (χ2n) is 10.6. The number of primary amides is 1. The molecule has 13 heteroatoms. The van der Waals surface area contributed by atoms with Crippen molar-refractivity contribution in [3.63, 3.8) is 0 Å². The Morgan fingerprint density at radius 2 is 1.73 bits per heavy atom. The third-order valence-electron chi connectivity index (χ3n) is 7.24. The van der Waals surface area contributed by atoms with E-state index in [1.807, 2.05) is 4.90 Å². The van der Waals surface area contributed by atoms with Crippen LogP contribution in [0.25, 0.3) is 16.3 Å². The molecule has 6 nitrogen and oxygen atoms in total. The smallest absolute Gasteiger partial charge is 0.364 e. The molecule has 1 amide bonds. The molecular weight excluding hydrogens is 649 g/mol. The van der Waals surface area contributed by atoms with Crippen LogP contribution in [0, 0.1) is 11.8 Å². The first kappa shape index (κ1) is 33.0. The zero-order valence-electron chi connectivity index (χ0n) is 23.9. The summed E-state index contributed by atoms with van der Waals surface area (Å²) in [6.07, 6.45) is -1.15. The quantitative estimate of drug-likeness (QED) is 0.171. The van der Waals surface area contributed by atoms with Gasteiger partial charge in [0.05, 0.1) is 31.7 Å². The lowest BCUT2D eigenvalue weighted by Crippen LogP contribution is -2.47. The molecule has 0 unspecified atom stereocenters. The van der Waals surface area contributed by atoms with Crippen molar-refractivity contribution in [1.29, 1.82) is 0 Å². The van der Waals surface area contributed by atoms with Crippen LogP contribution in [0.5, 0.6) is 0 Å². The lowest BCUT2D eigenvalue weighted by atomic mass is 10.1. The minimum absolute atomic E-state index is 0.0316. The fourth-order valence-electron chi connectivity index (χ4n) is 4.95. The number of nitrogens with zero attached hydrogens (tertiary/aromatic N) is 3. The van der Waals surface area contributed by atoms with Crippen LogP contribution in [0.2, 0.25) is 10.0 Å². The molecule has 0 bridgehead atoms. The van der Waals surface area contributed by atoms with Gasteiger partial charge in [0.15, 0.2) is 5.69 Å². The molecule has 0 radical (unpaired) electrons. The van der Waals surface area contributed by atoms with E-state index in [1.165, 1.54) is 60.5 Å². The Labute approximate surface area is 272 Å². The summed E-state index contributed by atoms with van der Waals surface area (Å²) >= 11 is 13.9. The van der Waals surface area contributed by atoms with Gasteiger partial charge in [0, 0.05) is 35.8 Å². The molecule has 0 atom stereocenters. The highest BCUT2D eigenvalue weighted by molar-refractivity contribution is 7.16. The van der Waals surface area contributed by atoms with Crippen LogP contribution >= 0.6 is 34.5 Å².